The van der Waals surface area contributed by atoms with Crippen molar-refractivity contribution < 1.29 is 22.1 Å². The minimum absolute atomic E-state index is 0.0158. The Kier molecular flexibility index (Phi) is 6.70. The number of carbonyl (C=O) groups excluding carboxylic acids is 1. The van der Waals surface area contributed by atoms with Gasteiger partial charge >= 0.3 is 10.1 Å². The fourth-order valence-electron chi connectivity index (χ4n) is 2.64. The number of para-hydroxylation sites is 1. The summed E-state index contributed by atoms with van der Waals surface area (Å²) in [4.78, 5) is 12.4. The highest BCUT2D eigenvalue weighted by molar-refractivity contribution is 7.87. The molecule has 8 heteroatoms. The molecule has 156 valence electrons. The van der Waals surface area contributed by atoms with Crippen molar-refractivity contribution in [2.45, 2.75) is 4.90 Å². The molecule has 0 saturated heterocycles. The Bertz CT molecular complexity index is 1250. The van der Waals surface area contributed by atoms with Gasteiger partial charge in [0.15, 0.2) is 11.5 Å². The normalized spacial score (nSPS) is 11.3. The Morgan fingerprint density at radius 2 is 1.61 bits per heavy atom. The maximum absolute atomic E-state index is 12.6. The third-order valence-corrected chi connectivity index (χ3v) is 5.38. The van der Waals surface area contributed by atoms with Crippen LogP contribution >= 0.6 is 0 Å². The van der Waals surface area contributed by atoms with Gasteiger partial charge in [-0.1, -0.05) is 42.5 Å². The number of hydrogen-bond acceptors (Lipinski definition) is 6. The summed E-state index contributed by atoms with van der Waals surface area (Å²) in [5.74, 6) is -0.478. The zero-order valence-electron chi connectivity index (χ0n) is 16.5. The van der Waals surface area contributed by atoms with Crippen molar-refractivity contribution in [1.29, 1.82) is 5.26 Å². The van der Waals surface area contributed by atoms with Crippen LogP contribution in [-0.2, 0) is 14.9 Å². The maximum atomic E-state index is 12.6. The molecule has 0 bridgehead atoms. The summed E-state index contributed by atoms with van der Waals surface area (Å²) >= 11 is 0. The van der Waals surface area contributed by atoms with E-state index >= 15 is 0 Å². The molecular weight excluding hydrogens is 416 g/mol. The molecular formula is C23H18N2O5S. The third kappa shape index (κ3) is 5.50. The number of nitrogens with zero attached hydrogens (tertiary/aromatic N) is 1. The molecule has 0 aliphatic heterocycles. The number of benzene rings is 3. The smallest absolute Gasteiger partial charge is 0.339 e. The molecule has 0 spiro atoms. The lowest BCUT2D eigenvalue weighted by Gasteiger charge is -2.11. The molecule has 31 heavy (non-hydrogen) atoms. The Hall–Kier alpha value is -4.09. The molecule has 7 nitrogen and oxygen atoms in total. The number of carbonyl (C=O) groups is 1. The van der Waals surface area contributed by atoms with E-state index in [4.69, 9.17) is 8.92 Å². The fourth-order valence-corrected chi connectivity index (χ4v) is 3.59. The predicted molar refractivity (Wildman–Crippen MR) is 116 cm³/mol. The van der Waals surface area contributed by atoms with Crippen LogP contribution in [0.4, 0.5) is 5.69 Å². The van der Waals surface area contributed by atoms with E-state index in [2.05, 4.69) is 5.32 Å². The molecule has 0 fully saturated rings. The van der Waals surface area contributed by atoms with E-state index in [-0.39, 0.29) is 22.0 Å². The monoisotopic (exact) mass is 434 g/mol. The van der Waals surface area contributed by atoms with Crippen molar-refractivity contribution in [2.75, 3.05) is 12.4 Å². The van der Waals surface area contributed by atoms with Gasteiger partial charge in [-0.2, -0.15) is 13.7 Å². The summed E-state index contributed by atoms with van der Waals surface area (Å²) in [5.41, 5.74) is 0.770. The predicted octanol–water partition coefficient (Wildman–Crippen LogP) is 4.01. The first kappa shape index (κ1) is 21.6. The number of ether oxygens (including phenoxy) is 1. The van der Waals surface area contributed by atoms with E-state index in [1.807, 2.05) is 6.07 Å². The summed E-state index contributed by atoms with van der Waals surface area (Å²) < 4.78 is 35.6. The van der Waals surface area contributed by atoms with Gasteiger partial charge in [0.25, 0.3) is 5.91 Å². The van der Waals surface area contributed by atoms with Gasteiger partial charge in [-0.25, -0.2) is 0 Å². The molecule has 0 aliphatic carbocycles. The van der Waals surface area contributed by atoms with Crippen LogP contribution in [0.1, 0.15) is 5.56 Å². The van der Waals surface area contributed by atoms with Crippen LogP contribution in [-0.4, -0.2) is 21.4 Å². The second-order valence-corrected chi connectivity index (χ2v) is 7.80. The number of methoxy groups -OCH3 is 1. The quantitative estimate of drug-likeness (QED) is 0.342. The summed E-state index contributed by atoms with van der Waals surface area (Å²) in [6.45, 7) is 0. The summed E-state index contributed by atoms with van der Waals surface area (Å²) in [7, 11) is -2.72. The number of hydrogen-bond donors (Lipinski definition) is 1. The van der Waals surface area contributed by atoms with Crippen LogP contribution in [0.2, 0.25) is 0 Å². The van der Waals surface area contributed by atoms with Crippen molar-refractivity contribution in [1.82, 2.24) is 0 Å². The van der Waals surface area contributed by atoms with Crippen LogP contribution in [0.3, 0.4) is 0 Å². The second-order valence-electron chi connectivity index (χ2n) is 6.25. The molecule has 3 aromatic carbocycles. The molecule has 0 unspecified atom stereocenters. The minimum Gasteiger partial charge on any atom is -0.493 e. The number of amides is 1. The molecule has 0 aliphatic rings. The molecule has 1 amide bonds. The molecule has 0 radical (unpaired) electrons. The van der Waals surface area contributed by atoms with Gasteiger partial charge < -0.3 is 14.2 Å². The van der Waals surface area contributed by atoms with E-state index < -0.39 is 16.0 Å². The highest BCUT2D eigenvalue weighted by atomic mass is 32.2. The summed E-state index contributed by atoms with van der Waals surface area (Å²) in [6.07, 6.45) is 1.33. The first-order chi connectivity index (χ1) is 14.9. The Balaban J connectivity index is 1.90. The molecule has 3 rings (SSSR count). The second kappa shape index (κ2) is 9.61. The largest absolute Gasteiger partial charge is 0.493 e. The molecule has 3 aromatic rings. The molecule has 0 heterocycles. The molecule has 0 aromatic heterocycles. The van der Waals surface area contributed by atoms with Gasteiger partial charge in [-0.05, 0) is 48.0 Å². The van der Waals surface area contributed by atoms with E-state index in [0.717, 1.165) is 0 Å². The number of anilines is 1. The van der Waals surface area contributed by atoms with Gasteiger partial charge in [0.2, 0.25) is 0 Å². The lowest BCUT2D eigenvalue weighted by Crippen LogP contribution is -2.13. The van der Waals surface area contributed by atoms with Crippen LogP contribution in [0.15, 0.2) is 89.3 Å². The van der Waals surface area contributed by atoms with Crippen molar-refractivity contribution >= 4 is 27.8 Å². The Morgan fingerprint density at radius 1 is 0.968 bits per heavy atom. The highest BCUT2D eigenvalue weighted by Crippen LogP contribution is 2.31. The highest BCUT2D eigenvalue weighted by Gasteiger charge is 2.19. The number of rotatable bonds is 7. The van der Waals surface area contributed by atoms with E-state index in [1.165, 1.54) is 37.5 Å². The zero-order valence-corrected chi connectivity index (χ0v) is 17.3. The van der Waals surface area contributed by atoms with Crippen molar-refractivity contribution in [3.05, 3.63) is 90.0 Å². The number of nitrogens with one attached hydrogen (secondary N) is 1. The lowest BCUT2D eigenvalue weighted by molar-refractivity contribution is -0.112. The average molecular weight is 434 g/mol. The zero-order chi connectivity index (χ0) is 22.3. The molecule has 0 atom stereocenters. The van der Waals surface area contributed by atoms with Gasteiger partial charge in [0.1, 0.15) is 16.5 Å². The standard InChI is InChI=1S/C23H18N2O5S/c1-29-21-13-12-17(14-18(16-24)23(26)25-19-8-4-2-5-9-19)15-22(21)30-31(27,28)20-10-6-3-7-11-20/h2-15H,1H3,(H,25,26)/b18-14+. The first-order valence-electron chi connectivity index (χ1n) is 9.09. The Morgan fingerprint density at radius 3 is 2.23 bits per heavy atom. The summed E-state index contributed by atoms with van der Waals surface area (Å²) in [6, 6.07) is 22.7. The molecule has 0 saturated carbocycles. The van der Waals surface area contributed by atoms with E-state index in [0.29, 0.717) is 11.3 Å². The van der Waals surface area contributed by atoms with Crippen LogP contribution in [0.25, 0.3) is 6.08 Å². The average Bonchev–Trinajstić information content (AvgIpc) is 2.78. The fraction of sp³-hybridized carbons (Fsp3) is 0.0435. The van der Waals surface area contributed by atoms with Crippen LogP contribution < -0.4 is 14.2 Å². The van der Waals surface area contributed by atoms with E-state index in [1.54, 1.807) is 54.6 Å². The van der Waals surface area contributed by atoms with Crippen molar-refractivity contribution in [3.63, 3.8) is 0 Å². The van der Waals surface area contributed by atoms with Crippen LogP contribution in [0, 0.1) is 11.3 Å². The third-order valence-electron chi connectivity index (χ3n) is 4.13. The van der Waals surface area contributed by atoms with Crippen molar-refractivity contribution in [3.8, 4) is 17.6 Å². The minimum atomic E-state index is -4.10. The topological polar surface area (TPSA) is 105 Å². The Labute approximate surface area is 180 Å². The summed E-state index contributed by atoms with van der Waals surface area (Å²) in [5, 5.41) is 12.0. The van der Waals surface area contributed by atoms with Gasteiger partial charge in [-0.15, -0.1) is 0 Å². The maximum Gasteiger partial charge on any atom is 0.339 e. The van der Waals surface area contributed by atoms with Crippen LogP contribution in [0.5, 0.6) is 11.5 Å². The van der Waals surface area contributed by atoms with Gasteiger partial charge in [-0.3, -0.25) is 4.79 Å². The number of nitriles is 1. The van der Waals surface area contributed by atoms with Crippen molar-refractivity contribution in [2.24, 2.45) is 0 Å². The van der Waals surface area contributed by atoms with Gasteiger partial charge in [0.05, 0.1) is 7.11 Å². The van der Waals surface area contributed by atoms with E-state index in [9.17, 15) is 18.5 Å². The lowest BCUT2D eigenvalue weighted by atomic mass is 10.1. The SMILES string of the molecule is COc1ccc(/C=C(\C#N)C(=O)Nc2ccccc2)cc1OS(=O)(=O)c1ccccc1. The first-order valence-corrected chi connectivity index (χ1v) is 10.5. The molecule has 1 N–H and O–H groups in total. The van der Waals surface area contributed by atoms with Gasteiger partial charge in [0, 0.05) is 5.69 Å².